The minimum Gasteiger partial charge on any atom is -0.462 e. The topological polar surface area (TPSA) is 43.4 Å². The molecule has 0 heterocycles. The Labute approximate surface area is 129 Å². The Hall–Kier alpha value is -2.01. The number of esters is 1. The summed E-state index contributed by atoms with van der Waals surface area (Å²) in [6.45, 7) is 1.91. The Balaban J connectivity index is 2.45. The van der Waals surface area contributed by atoms with Crippen molar-refractivity contribution in [2.24, 2.45) is 0 Å². The molecule has 0 atom stereocenters. The van der Waals surface area contributed by atoms with Gasteiger partial charge >= 0.3 is 5.97 Å². The van der Waals surface area contributed by atoms with Crippen LogP contribution in [0, 0.1) is 5.82 Å². The zero-order valence-electron chi connectivity index (χ0n) is 11.2. The molecule has 0 aliphatic carbocycles. The zero-order valence-corrected chi connectivity index (χ0v) is 12.8. The van der Waals surface area contributed by atoms with Crippen molar-refractivity contribution in [2.45, 2.75) is 6.92 Å². The number of benzene rings is 2. The van der Waals surface area contributed by atoms with E-state index in [0.717, 1.165) is 0 Å². The van der Waals surface area contributed by atoms with Crippen molar-refractivity contribution in [3.05, 3.63) is 69.4 Å². The molecule has 0 radical (unpaired) electrons. The van der Waals surface area contributed by atoms with Gasteiger partial charge in [0.05, 0.1) is 12.2 Å². The molecule has 0 fully saturated rings. The molecule has 2 aromatic carbocycles. The number of carbonyl (C=O) groups is 2. The van der Waals surface area contributed by atoms with Crippen LogP contribution in [0.5, 0.6) is 0 Å². The fraction of sp³-hybridized carbons (Fsp3) is 0.125. The van der Waals surface area contributed by atoms with Crippen LogP contribution < -0.4 is 0 Å². The molecule has 0 bridgehead atoms. The van der Waals surface area contributed by atoms with Gasteiger partial charge in [0.1, 0.15) is 5.82 Å². The summed E-state index contributed by atoms with van der Waals surface area (Å²) in [5.41, 5.74) is 0.716. The highest BCUT2D eigenvalue weighted by Crippen LogP contribution is 2.21. The SMILES string of the molecule is CCOC(=O)c1cc(Br)ccc1C(=O)c1ccc(F)cc1. The lowest BCUT2D eigenvalue weighted by atomic mass is 9.98. The van der Waals surface area contributed by atoms with Crippen LogP contribution in [0.15, 0.2) is 46.9 Å². The Morgan fingerprint density at radius 2 is 1.76 bits per heavy atom. The smallest absolute Gasteiger partial charge is 0.338 e. The molecule has 2 rings (SSSR count). The Bertz CT molecular complexity index is 680. The van der Waals surface area contributed by atoms with Gasteiger partial charge < -0.3 is 4.74 Å². The lowest BCUT2D eigenvalue weighted by Gasteiger charge is -2.09. The van der Waals surface area contributed by atoms with Crippen molar-refractivity contribution in [3.63, 3.8) is 0 Å². The maximum absolute atomic E-state index is 12.9. The van der Waals surface area contributed by atoms with Gasteiger partial charge in [0.2, 0.25) is 0 Å². The van der Waals surface area contributed by atoms with E-state index in [4.69, 9.17) is 4.74 Å². The fourth-order valence-electron chi connectivity index (χ4n) is 1.85. The van der Waals surface area contributed by atoms with Crippen LogP contribution in [-0.2, 0) is 4.74 Å². The molecule has 0 aliphatic heterocycles. The first-order valence-electron chi connectivity index (χ1n) is 6.30. The summed E-state index contributed by atoms with van der Waals surface area (Å²) >= 11 is 3.26. The van der Waals surface area contributed by atoms with E-state index in [0.29, 0.717) is 10.0 Å². The molecule has 0 saturated heterocycles. The molecular formula is C16H12BrFO3. The number of hydrogen-bond acceptors (Lipinski definition) is 3. The van der Waals surface area contributed by atoms with Crippen LogP contribution in [0.25, 0.3) is 0 Å². The lowest BCUT2D eigenvalue weighted by Crippen LogP contribution is -2.12. The average Bonchev–Trinajstić information content (AvgIpc) is 2.47. The summed E-state index contributed by atoms with van der Waals surface area (Å²) in [7, 11) is 0. The van der Waals surface area contributed by atoms with Crippen molar-refractivity contribution in [2.75, 3.05) is 6.61 Å². The highest BCUT2D eigenvalue weighted by atomic mass is 79.9. The van der Waals surface area contributed by atoms with Gasteiger partial charge in [0.15, 0.2) is 5.78 Å². The summed E-state index contributed by atoms with van der Waals surface area (Å²) in [6, 6.07) is 9.92. The van der Waals surface area contributed by atoms with E-state index in [9.17, 15) is 14.0 Å². The Kier molecular flexibility index (Phi) is 4.85. The highest BCUT2D eigenvalue weighted by molar-refractivity contribution is 9.10. The number of halogens is 2. The first-order valence-corrected chi connectivity index (χ1v) is 7.09. The van der Waals surface area contributed by atoms with Crippen LogP contribution in [-0.4, -0.2) is 18.4 Å². The van der Waals surface area contributed by atoms with Crippen LogP contribution in [0.3, 0.4) is 0 Å². The molecule has 0 amide bonds. The van der Waals surface area contributed by atoms with Crippen molar-refractivity contribution in [1.82, 2.24) is 0 Å². The van der Waals surface area contributed by atoms with Crippen LogP contribution >= 0.6 is 15.9 Å². The first kappa shape index (κ1) is 15.4. The second kappa shape index (κ2) is 6.63. The summed E-state index contributed by atoms with van der Waals surface area (Å²) in [5, 5.41) is 0. The molecule has 0 saturated carbocycles. The minimum absolute atomic E-state index is 0.181. The minimum atomic E-state index is -0.565. The first-order chi connectivity index (χ1) is 10.0. The lowest BCUT2D eigenvalue weighted by molar-refractivity contribution is 0.0523. The van der Waals surface area contributed by atoms with Crippen molar-refractivity contribution in [1.29, 1.82) is 0 Å². The second-order valence-corrected chi connectivity index (χ2v) is 5.16. The van der Waals surface area contributed by atoms with E-state index >= 15 is 0 Å². The van der Waals surface area contributed by atoms with Gasteiger partial charge in [-0.3, -0.25) is 4.79 Å². The van der Waals surface area contributed by atoms with Gasteiger partial charge in [-0.1, -0.05) is 15.9 Å². The summed E-state index contributed by atoms with van der Waals surface area (Å²) in [4.78, 5) is 24.4. The molecule has 0 aromatic heterocycles. The average molecular weight is 351 g/mol. The van der Waals surface area contributed by atoms with E-state index in [2.05, 4.69) is 15.9 Å². The van der Waals surface area contributed by atoms with Gasteiger partial charge in [-0.15, -0.1) is 0 Å². The van der Waals surface area contributed by atoms with Crippen molar-refractivity contribution >= 4 is 27.7 Å². The van der Waals surface area contributed by atoms with Crippen molar-refractivity contribution in [3.8, 4) is 0 Å². The van der Waals surface area contributed by atoms with Gasteiger partial charge in [-0.05, 0) is 49.4 Å². The van der Waals surface area contributed by atoms with E-state index in [1.165, 1.54) is 30.3 Å². The molecule has 2 aromatic rings. The second-order valence-electron chi connectivity index (χ2n) is 4.25. The van der Waals surface area contributed by atoms with E-state index in [-0.39, 0.29) is 23.5 Å². The summed E-state index contributed by atoms with van der Waals surface area (Å²) in [5.74, 6) is -1.34. The third-order valence-corrected chi connectivity index (χ3v) is 3.32. The molecule has 3 nitrogen and oxygen atoms in total. The quantitative estimate of drug-likeness (QED) is 0.618. The molecular weight excluding hydrogens is 339 g/mol. The van der Waals surface area contributed by atoms with E-state index < -0.39 is 11.8 Å². The largest absolute Gasteiger partial charge is 0.462 e. The van der Waals surface area contributed by atoms with Gasteiger partial charge in [-0.25, -0.2) is 9.18 Å². The number of ketones is 1. The molecule has 0 aliphatic rings. The summed E-state index contributed by atoms with van der Waals surface area (Å²) < 4.78 is 18.5. The number of rotatable bonds is 4. The summed E-state index contributed by atoms with van der Waals surface area (Å²) in [6.07, 6.45) is 0. The predicted molar refractivity (Wildman–Crippen MR) is 79.9 cm³/mol. The van der Waals surface area contributed by atoms with Crippen LogP contribution in [0.2, 0.25) is 0 Å². The maximum Gasteiger partial charge on any atom is 0.338 e. The highest BCUT2D eigenvalue weighted by Gasteiger charge is 2.19. The molecule has 5 heteroatoms. The van der Waals surface area contributed by atoms with E-state index in [1.807, 2.05) is 0 Å². The normalized spacial score (nSPS) is 10.2. The van der Waals surface area contributed by atoms with Crippen LogP contribution in [0.1, 0.15) is 33.2 Å². The number of ether oxygens (including phenoxy) is 1. The van der Waals surface area contributed by atoms with Gasteiger partial charge in [0, 0.05) is 15.6 Å². The molecule has 21 heavy (non-hydrogen) atoms. The molecule has 108 valence electrons. The van der Waals surface area contributed by atoms with E-state index in [1.54, 1.807) is 19.1 Å². The fourth-order valence-corrected chi connectivity index (χ4v) is 2.21. The molecule has 0 N–H and O–H groups in total. The maximum atomic E-state index is 12.9. The van der Waals surface area contributed by atoms with Crippen LogP contribution in [0.4, 0.5) is 4.39 Å². The molecule has 0 spiro atoms. The standard InChI is InChI=1S/C16H12BrFO3/c1-2-21-16(20)14-9-11(17)5-8-13(14)15(19)10-3-6-12(18)7-4-10/h3-9H,2H2,1H3. The third-order valence-electron chi connectivity index (χ3n) is 2.83. The molecule has 0 unspecified atom stereocenters. The van der Waals surface area contributed by atoms with Crippen molar-refractivity contribution < 1.29 is 18.7 Å². The Morgan fingerprint density at radius 1 is 1.10 bits per heavy atom. The predicted octanol–water partition coefficient (Wildman–Crippen LogP) is 4.00. The zero-order chi connectivity index (χ0) is 15.4. The Morgan fingerprint density at radius 3 is 2.38 bits per heavy atom. The number of carbonyl (C=O) groups excluding carboxylic acids is 2. The van der Waals surface area contributed by atoms with Gasteiger partial charge in [0.25, 0.3) is 0 Å². The number of hydrogen-bond donors (Lipinski definition) is 0. The van der Waals surface area contributed by atoms with Gasteiger partial charge in [-0.2, -0.15) is 0 Å². The monoisotopic (exact) mass is 350 g/mol. The third kappa shape index (κ3) is 3.55.